The van der Waals surface area contributed by atoms with Crippen molar-refractivity contribution in [2.45, 2.75) is 29.7 Å². The van der Waals surface area contributed by atoms with Crippen molar-refractivity contribution >= 4 is 11.8 Å². The highest BCUT2D eigenvalue weighted by molar-refractivity contribution is 7.99. The van der Waals surface area contributed by atoms with Gasteiger partial charge >= 0.3 is 0 Å². The van der Waals surface area contributed by atoms with Crippen LogP contribution in [-0.4, -0.2) is 7.05 Å². The lowest BCUT2D eigenvalue weighted by Gasteiger charge is -2.12. The van der Waals surface area contributed by atoms with E-state index in [0.29, 0.717) is 4.90 Å². The van der Waals surface area contributed by atoms with Gasteiger partial charge in [-0.15, -0.1) is 0 Å². The molecule has 0 fully saturated rings. The summed E-state index contributed by atoms with van der Waals surface area (Å²) in [5.74, 6) is -0.161. The molecule has 0 aliphatic heterocycles. The topological polar surface area (TPSA) is 12.0 Å². The molecule has 0 aliphatic rings. The number of hydrogen-bond acceptors (Lipinski definition) is 2. The Morgan fingerprint density at radius 3 is 2.58 bits per heavy atom. The van der Waals surface area contributed by atoms with Crippen molar-refractivity contribution in [3.8, 4) is 0 Å². The molecule has 0 aliphatic carbocycles. The molecule has 19 heavy (non-hydrogen) atoms. The Bertz CT molecular complexity index is 568. The van der Waals surface area contributed by atoms with Gasteiger partial charge in [0.25, 0.3) is 0 Å². The van der Waals surface area contributed by atoms with Crippen LogP contribution in [0.15, 0.2) is 52.3 Å². The Morgan fingerprint density at radius 1 is 1.16 bits per heavy atom. The van der Waals surface area contributed by atoms with E-state index in [1.165, 1.54) is 17.3 Å². The number of nitrogens with one attached hydrogen (secondary N) is 1. The molecule has 1 atom stereocenters. The molecule has 0 amide bonds. The summed E-state index contributed by atoms with van der Waals surface area (Å²) in [6, 6.07) is 13.7. The Hall–Kier alpha value is -1.32. The van der Waals surface area contributed by atoms with E-state index in [-0.39, 0.29) is 11.9 Å². The maximum Gasteiger partial charge on any atom is 0.137 e. The highest BCUT2D eigenvalue weighted by atomic mass is 32.2. The standard InChI is InChI=1S/C16H18FNS/c1-11-5-4-6-14(9-11)19-16-8-7-13(10-15(16)17)12(2)18-3/h4-10,12,18H,1-3H3. The summed E-state index contributed by atoms with van der Waals surface area (Å²) < 4.78 is 14.1. The van der Waals surface area contributed by atoms with Gasteiger partial charge in [-0.3, -0.25) is 0 Å². The number of hydrogen-bond donors (Lipinski definition) is 1. The van der Waals surface area contributed by atoms with E-state index in [9.17, 15) is 4.39 Å². The first-order chi connectivity index (χ1) is 9.10. The first-order valence-electron chi connectivity index (χ1n) is 6.31. The van der Waals surface area contributed by atoms with Gasteiger partial charge in [0.1, 0.15) is 5.82 Å². The molecule has 100 valence electrons. The summed E-state index contributed by atoms with van der Waals surface area (Å²) in [4.78, 5) is 1.73. The van der Waals surface area contributed by atoms with Crippen molar-refractivity contribution in [1.29, 1.82) is 0 Å². The minimum atomic E-state index is -0.161. The van der Waals surface area contributed by atoms with Crippen LogP contribution in [-0.2, 0) is 0 Å². The average molecular weight is 275 g/mol. The molecule has 0 radical (unpaired) electrons. The van der Waals surface area contributed by atoms with Gasteiger partial charge in [-0.05, 0) is 50.7 Å². The fourth-order valence-corrected chi connectivity index (χ4v) is 2.78. The lowest BCUT2D eigenvalue weighted by molar-refractivity contribution is 0.587. The molecule has 2 rings (SSSR count). The van der Waals surface area contributed by atoms with Gasteiger partial charge in [0.15, 0.2) is 0 Å². The monoisotopic (exact) mass is 275 g/mol. The minimum Gasteiger partial charge on any atom is -0.313 e. The van der Waals surface area contributed by atoms with Crippen molar-refractivity contribution in [1.82, 2.24) is 5.32 Å². The Balaban J connectivity index is 2.22. The fraction of sp³-hybridized carbons (Fsp3) is 0.250. The van der Waals surface area contributed by atoms with Crippen molar-refractivity contribution in [3.63, 3.8) is 0 Å². The Kier molecular flexibility index (Phi) is 4.61. The molecule has 0 saturated carbocycles. The summed E-state index contributed by atoms with van der Waals surface area (Å²) in [6.07, 6.45) is 0. The van der Waals surface area contributed by atoms with Gasteiger partial charge in [0.05, 0.1) is 0 Å². The van der Waals surface area contributed by atoms with E-state index in [4.69, 9.17) is 0 Å². The van der Waals surface area contributed by atoms with Crippen molar-refractivity contribution in [2.75, 3.05) is 7.05 Å². The van der Waals surface area contributed by atoms with Crippen molar-refractivity contribution < 1.29 is 4.39 Å². The molecule has 2 aromatic rings. The third kappa shape index (κ3) is 3.58. The molecule has 0 heterocycles. The second kappa shape index (κ2) is 6.22. The lowest BCUT2D eigenvalue weighted by Crippen LogP contribution is -2.12. The van der Waals surface area contributed by atoms with Crippen LogP contribution in [0.4, 0.5) is 4.39 Å². The summed E-state index contributed by atoms with van der Waals surface area (Å²) in [7, 11) is 1.87. The lowest BCUT2D eigenvalue weighted by atomic mass is 10.1. The highest BCUT2D eigenvalue weighted by Crippen LogP contribution is 2.31. The van der Waals surface area contributed by atoms with Crippen molar-refractivity contribution in [3.05, 3.63) is 59.4 Å². The summed E-state index contributed by atoms with van der Waals surface area (Å²) in [6.45, 7) is 4.06. The second-order valence-corrected chi connectivity index (χ2v) is 5.73. The van der Waals surface area contributed by atoms with Crippen LogP contribution in [0, 0.1) is 12.7 Å². The zero-order chi connectivity index (χ0) is 13.8. The first-order valence-corrected chi connectivity index (χ1v) is 7.13. The Morgan fingerprint density at radius 2 is 1.95 bits per heavy atom. The van der Waals surface area contributed by atoms with Crippen LogP contribution < -0.4 is 5.32 Å². The molecule has 1 unspecified atom stereocenters. The van der Waals surface area contributed by atoms with Crippen LogP contribution in [0.25, 0.3) is 0 Å². The van der Waals surface area contributed by atoms with Gasteiger partial charge in [-0.1, -0.05) is 35.5 Å². The van der Waals surface area contributed by atoms with Gasteiger partial charge in [0, 0.05) is 15.8 Å². The zero-order valence-electron chi connectivity index (χ0n) is 11.4. The first kappa shape index (κ1) is 14.1. The normalized spacial score (nSPS) is 12.4. The SMILES string of the molecule is CNC(C)c1ccc(Sc2cccc(C)c2)c(F)c1. The number of benzene rings is 2. The summed E-state index contributed by atoms with van der Waals surface area (Å²) in [5, 5.41) is 3.11. The van der Waals surface area contributed by atoms with Crippen LogP contribution in [0.3, 0.4) is 0 Å². The Labute approximate surface area is 118 Å². The third-order valence-electron chi connectivity index (χ3n) is 3.11. The maximum absolute atomic E-state index is 14.1. The van der Waals surface area contributed by atoms with E-state index < -0.39 is 0 Å². The fourth-order valence-electron chi connectivity index (χ4n) is 1.84. The minimum absolute atomic E-state index is 0.160. The largest absolute Gasteiger partial charge is 0.313 e. The molecule has 1 N–H and O–H groups in total. The van der Waals surface area contributed by atoms with Crippen LogP contribution in [0.2, 0.25) is 0 Å². The van der Waals surface area contributed by atoms with Gasteiger partial charge in [0.2, 0.25) is 0 Å². The quantitative estimate of drug-likeness (QED) is 0.877. The molecule has 0 bridgehead atoms. The molecule has 3 heteroatoms. The molecule has 0 spiro atoms. The summed E-state index contributed by atoms with van der Waals surface area (Å²) in [5.41, 5.74) is 2.15. The van der Waals surface area contributed by atoms with E-state index in [0.717, 1.165) is 10.5 Å². The van der Waals surface area contributed by atoms with Crippen LogP contribution >= 0.6 is 11.8 Å². The number of halogens is 1. The predicted octanol–water partition coefficient (Wildman–Crippen LogP) is 4.57. The van der Waals surface area contributed by atoms with Gasteiger partial charge in [-0.25, -0.2) is 4.39 Å². The maximum atomic E-state index is 14.1. The average Bonchev–Trinajstić information content (AvgIpc) is 2.40. The molecular weight excluding hydrogens is 257 g/mol. The molecule has 1 nitrogen and oxygen atoms in total. The van der Waals surface area contributed by atoms with Crippen LogP contribution in [0.1, 0.15) is 24.1 Å². The van der Waals surface area contributed by atoms with E-state index in [2.05, 4.69) is 11.4 Å². The second-order valence-electron chi connectivity index (χ2n) is 4.62. The third-order valence-corrected chi connectivity index (χ3v) is 4.15. The smallest absolute Gasteiger partial charge is 0.137 e. The van der Waals surface area contributed by atoms with E-state index >= 15 is 0 Å². The number of aryl methyl sites for hydroxylation is 1. The number of rotatable bonds is 4. The summed E-state index contributed by atoms with van der Waals surface area (Å²) >= 11 is 1.46. The molecule has 0 aromatic heterocycles. The van der Waals surface area contributed by atoms with Crippen LogP contribution in [0.5, 0.6) is 0 Å². The van der Waals surface area contributed by atoms with E-state index in [1.54, 1.807) is 6.07 Å². The van der Waals surface area contributed by atoms with Gasteiger partial charge in [-0.2, -0.15) is 0 Å². The molecule has 0 saturated heterocycles. The van der Waals surface area contributed by atoms with Crippen molar-refractivity contribution in [2.24, 2.45) is 0 Å². The van der Waals surface area contributed by atoms with E-state index in [1.807, 2.05) is 51.2 Å². The molecular formula is C16H18FNS. The predicted molar refractivity (Wildman–Crippen MR) is 79.2 cm³/mol. The molecule has 2 aromatic carbocycles. The highest BCUT2D eigenvalue weighted by Gasteiger charge is 2.09. The zero-order valence-corrected chi connectivity index (χ0v) is 12.2. The van der Waals surface area contributed by atoms with Gasteiger partial charge < -0.3 is 5.32 Å².